The minimum atomic E-state index is -3.05. The van der Waals surface area contributed by atoms with Crippen LogP contribution in [0.4, 0.5) is 5.82 Å². The van der Waals surface area contributed by atoms with Gasteiger partial charge < -0.3 is 14.5 Å². The fourth-order valence-electron chi connectivity index (χ4n) is 4.52. The summed E-state index contributed by atoms with van der Waals surface area (Å²) in [6.45, 7) is 1.66. The third-order valence-electron chi connectivity index (χ3n) is 5.98. The quantitative estimate of drug-likeness (QED) is 0.650. The minimum absolute atomic E-state index is 0.0442. The summed E-state index contributed by atoms with van der Waals surface area (Å²) >= 11 is 0. The van der Waals surface area contributed by atoms with Crippen molar-refractivity contribution >= 4 is 32.5 Å². The van der Waals surface area contributed by atoms with E-state index in [0.717, 1.165) is 48.1 Å². The van der Waals surface area contributed by atoms with Crippen LogP contribution in [0.1, 0.15) is 42.3 Å². The normalized spacial score (nSPS) is 20.0. The first kappa shape index (κ1) is 20.1. The highest BCUT2D eigenvalue weighted by Crippen LogP contribution is 2.34. The highest BCUT2D eigenvalue weighted by atomic mass is 32.2. The summed E-state index contributed by atoms with van der Waals surface area (Å²) in [6, 6.07) is 7.12. The Morgan fingerprint density at radius 1 is 1.29 bits per heavy atom. The molecule has 1 aliphatic carbocycles. The number of anilines is 1. The lowest BCUT2D eigenvalue weighted by atomic mass is 9.96. The van der Waals surface area contributed by atoms with Gasteiger partial charge in [0, 0.05) is 23.4 Å². The Balaban J connectivity index is 1.27. The number of carbonyl (C=O) groups is 1. The first-order valence-corrected chi connectivity index (χ1v) is 12.4. The van der Waals surface area contributed by atoms with Crippen molar-refractivity contribution < 1.29 is 22.4 Å². The Bertz CT molecular complexity index is 1260. The van der Waals surface area contributed by atoms with E-state index in [2.05, 4.69) is 10.4 Å². The van der Waals surface area contributed by atoms with E-state index in [1.807, 2.05) is 25.1 Å². The van der Waals surface area contributed by atoms with Gasteiger partial charge >= 0.3 is 0 Å². The Labute approximate surface area is 180 Å². The summed E-state index contributed by atoms with van der Waals surface area (Å²) in [6.07, 6.45) is 4.78. The molecule has 5 rings (SSSR count). The number of furan rings is 1. The largest absolute Gasteiger partial charge is 0.484 e. The summed E-state index contributed by atoms with van der Waals surface area (Å²) in [7, 11) is -3.05. The molecule has 1 amide bonds. The molecule has 0 spiro atoms. The number of aromatic nitrogens is 2. The Morgan fingerprint density at radius 2 is 2.13 bits per heavy atom. The van der Waals surface area contributed by atoms with Crippen molar-refractivity contribution in [1.29, 1.82) is 0 Å². The maximum atomic E-state index is 12.5. The number of sulfone groups is 1. The fraction of sp³-hybridized carbons (Fsp3) is 0.455. The van der Waals surface area contributed by atoms with Crippen LogP contribution in [-0.2, 0) is 27.5 Å². The summed E-state index contributed by atoms with van der Waals surface area (Å²) in [5.74, 6) is 2.04. The van der Waals surface area contributed by atoms with Gasteiger partial charge in [-0.05, 0) is 50.8 Å². The van der Waals surface area contributed by atoms with Crippen LogP contribution in [0, 0.1) is 6.92 Å². The Hall–Kier alpha value is -2.81. The van der Waals surface area contributed by atoms with Gasteiger partial charge in [0.15, 0.2) is 16.4 Å². The van der Waals surface area contributed by atoms with Gasteiger partial charge in [-0.15, -0.1) is 0 Å². The van der Waals surface area contributed by atoms with Crippen LogP contribution < -0.4 is 10.1 Å². The molecule has 3 heterocycles. The van der Waals surface area contributed by atoms with E-state index >= 15 is 0 Å². The molecule has 1 atom stereocenters. The van der Waals surface area contributed by atoms with Crippen LogP contribution in [0.25, 0.3) is 11.0 Å². The molecule has 0 bridgehead atoms. The average molecular weight is 444 g/mol. The molecule has 1 aliphatic heterocycles. The highest BCUT2D eigenvalue weighted by Gasteiger charge is 2.31. The Kier molecular flexibility index (Phi) is 5.00. The second-order valence-electron chi connectivity index (χ2n) is 8.38. The molecule has 1 fully saturated rings. The van der Waals surface area contributed by atoms with Gasteiger partial charge in [0.25, 0.3) is 5.91 Å². The summed E-state index contributed by atoms with van der Waals surface area (Å²) in [5.41, 5.74) is 2.83. The van der Waals surface area contributed by atoms with Crippen molar-refractivity contribution in [3.63, 3.8) is 0 Å². The van der Waals surface area contributed by atoms with Gasteiger partial charge in [-0.25, -0.2) is 13.1 Å². The molecule has 8 nitrogen and oxygen atoms in total. The second kappa shape index (κ2) is 7.71. The zero-order valence-electron chi connectivity index (χ0n) is 17.4. The molecule has 164 valence electrons. The summed E-state index contributed by atoms with van der Waals surface area (Å²) < 4.78 is 36.9. The van der Waals surface area contributed by atoms with Crippen molar-refractivity contribution in [2.75, 3.05) is 23.4 Å². The van der Waals surface area contributed by atoms with E-state index in [-0.39, 0.29) is 30.1 Å². The molecule has 2 aromatic heterocycles. The molecule has 3 aromatic rings. The first-order valence-electron chi connectivity index (χ1n) is 10.6. The predicted octanol–water partition coefficient (Wildman–Crippen LogP) is 3.19. The SMILES string of the molecule is Cc1cc(NC(=O)COc2ccc3oc4c(c3c2)CCCC4)n(C2CCS(=O)(=O)C2)n1. The molecule has 1 N–H and O–H groups in total. The number of hydrogen-bond donors (Lipinski definition) is 1. The lowest BCUT2D eigenvalue weighted by Crippen LogP contribution is -2.23. The summed E-state index contributed by atoms with van der Waals surface area (Å²) in [5, 5.41) is 8.26. The third-order valence-corrected chi connectivity index (χ3v) is 7.73. The molecular formula is C22H25N3O5S. The van der Waals surface area contributed by atoms with Crippen LogP contribution >= 0.6 is 0 Å². The van der Waals surface area contributed by atoms with Gasteiger partial charge in [-0.2, -0.15) is 5.10 Å². The number of ether oxygens (including phenoxy) is 1. The van der Waals surface area contributed by atoms with E-state index in [0.29, 0.717) is 18.0 Å². The number of aryl methyl sites for hydroxylation is 3. The number of nitrogens with zero attached hydrogens (tertiary/aromatic N) is 2. The smallest absolute Gasteiger partial charge is 0.263 e. The maximum absolute atomic E-state index is 12.5. The fourth-order valence-corrected chi connectivity index (χ4v) is 6.21. The van der Waals surface area contributed by atoms with Gasteiger partial charge in [-0.1, -0.05) is 0 Å². The third kappa shape index (κ3) is 4.06. The van der Waals surface area contributed by atoms with E-state index < -0.39 is 9.84 Å². The monoisotopic (exact) mass is 443 g/mol. The minimum Gasteiger partial charge on any atom is -0.484 e. The number of fused-ring (bicyclic) bond motifs is 3. The topological polar surface area (TPSA) is 103 Å². The number of carbonyl (C=O) groups excluding carboxylic acids is 1. The molecule has 1 unspecified atom stereocenters. The predicted molar refractivity (Wildman–Crippen MR) is 116 cm³/mol. The van der Waals surface area contributed by atoms with Gasteiger partial charge in [-0.3, -0.25) is 4.79 Å². The number of hydrogen-bond acceptors (Lipinski definition) is 6. The molecular weight excluding hydrogens is 418 g/mol. The van der Waals surface area contributed by atoms with Crippen LogP contribution in [-0.4, -0.2) is 42.2 Å². The molecule has 31 heavy (non-hydrogen) atoms. The van der Waals surface area contributed by atoms with Crippen molar-refractivity contribution in [3.8, 4) is 5.75 Å². The number of benzene rings is 1. The van der Waals surface area contributed by atoms with E-state index in [1.54, 1.807) is 10.7 Å². The lowest BCUT2D eigenvalue weighted by molar-refractivity contribution is -0.118. The first-order chi connectivity index (χ1) is 14.9. The van der Waals surface area contributed by atoms with E-state index in [1.165, 1.54) is 5.56 Å². The van der Waals surface area contributed by atoms with E-state index in [9.17, 15) is 13.2 Å². The van der Waals surface area contributed by atoms with Crippen molar-refractivity contribution in [3.05, 3.63) is 41.3 Å². The second-order valence-corrected chi connectivity index (χ2v) is 10.6. The maximum Gasteiger partial charge on any atom is 0.263 e. The van der Waals surface area contributed by atoms with Crippen LogP contribution in [0.3, 0.4) is 0 Å². The number of rotatable bonds is 5. The zero-order valence-corrected chi connectivity index (χ0v) is 18.2. The summed E-state index contributed by atoms with van der Waals surface area (Å²) in [4.78, 5) is 12.5. The van der Waals surface area contributed by atoms with Gasteiger partial charge in [0.2, 0.25) is 0 Å². The number of amides is 1. The van der Waals surface area contributed by atoms with Crippen molar-refractivity contribution in [2.24, 2.45) is 0 Å². The number of nitrogens with one attached hydrogen (secondary N) is 1. The molecule has 1 saturated heterocycles. The van der Waals surface area contributed by atoms with Crippen molar-refractivity contribution in [1.82, 2.24) is 9.78 Å². The Morgan fingerprint density at radius 3 is 2.94 bits per heavy atom. The lowest BCUT2D eigenvalue weighted by Gasteiger charge is -2.14. The molecule has 2 aliphatic rings. The van der Waals surface area contributed by atoms with Crippen LogP contribution in [0.15, 0.2) is 28.7 Å². The van der Waals surface area contributed by atoms with Gasteiger partial charge in [0.05, 0.1) is 23.2 Å². The van der Waals surface area contributed by atoms with Crippen LogP contribution in [0.5, 0.6) is 5.75 Å². The molecule has 0 saturated carbocycles. The van der Waals surface area contributed by atoms with Gasteiger partial charge in [0.1, 0.15) is 22.9 Å². The standard InChI is InChI=1S/C22H25N3O5S/c1-14-10-21(25(24-14)15-8-9-31(27,28)13-15)23-22(26)12-29-16-6-7-20-18(11-16)17-4-2-3-5-19(17)30-20/h6-7,10-11,15H,2-5,8-9,12-13H2,1H3,(H,23,26). The molecule has 1 aromatic carbocycles. The molecule has 9 heteroatoms. The van der Waals surface area contributed by atoms with Crippen molar-refractivity contribution in [2.45, 2.75) is 45.1 Å². The highest BCUT2D eigenvalue weighted by molar-refractivity contribution is 7.91. The van der Waals surface area contributed by atoms with Crippen LogP contribution in [0.2, 0.25) is 0 Å². The molecule has 0 radical (unpaired) electrons. The average Bonchev–Trinajstić information content (AvgIpc) is 3.40. The van der Waals surface area contributed by atoms with E-state index in [4.69, 9.17) is 9.15 Å². The zero-order chi connectivity index (χ0) is 21.6.